The number of rotatable bonds is 8. The van der Waals surface area contributed by atoms with Crippen LogP contribution in [-0.4, -0.2) is 68.9 Å². The van der Waals surface area contributed by atoms with Crippen LogP contribution in [0.1, 0.15) is 47.6 Å². The lowest BCUT2D eigenvalue weighted by atomic mass is 9.97. The van der Waals surface area contributed by atoms with Crippen LogP contribution in [-0.2, 0) is 12.4 Å². The van der Waals surface area contributed by atoms with E-state index in [9.17, 15) is 31.1 Å². The summed E-state index contributed by atoms with van der Waals surface area (Å²) in [5.74, 6) is -0.571. The number of alkyl halides is 6. The summed E-state index contributed by atoms with van der Waals surface area (Å²) >= 11 is 14.9. The van der Waals surface area contributed by atoms with E-state index < -0.39 is 35.0 Å². The third kappa shape index (κ3) is 7.17. The van der Waals surface area contributed by atoms with Crippen LogP contribution in [0.4, 0.5) is 26.3 Å². The summed E-state index contributed by atoms with van der Waals surface area (Å²) in [6.07, 6.45) is -7.67. The van der Waals surface area contributed by atoms with E-state index in [2.05, 4.69) is 10.00 Å². The average Bonchev–Trinajstić information content (AvgIpc) is 3.75. The molecule has 1 amide bonds. The van der Waals surface area contributed by atoms with Crippen LogP contribution in [0.5, 0.6) is 0 Å². The van der Waals surface area contributed by atoms with E-state index in [1.54, 1.807) is 23.1 Å². The quantitative estimate of drug-likeness (QED) is 0.133. The molecule has 1 aliphatic heterocycles. The Morgan fingerprint density at radius 3 is 2.19 bits per heavy atom. The van der Waals surface area contributed by atoms with Crippen molar-refractivity contribution in [2.45, 2.75) is 49.8 Å². The second-order valence-corrected chi connectivity index (χ2v) is 13.8. The van der Waals surface area contributed by atoms with Crippen molar-refractivity contribution in [3.63, 3.8) is 0 Å². The number of amides is 1. The van der Waals surface area contributed by atoms with Gasteiger partial charge in [-0.3, -0.25) is 9.69 Å². The number of carbonyl (C=O) groups excluding carboxylic acids is 1. The van der Waals surface area contributed by atoms with E-state index in [4.69, 9.17) is 28.2 Å². The van der Waals surface area contributed by atoms with Gasteiger partial charge in [0.1, 0.15) is 5.69 Å². The monoisotopic (exact) mass is 735 g/mol. The fourth-order valence-electron chi connectivity index (χ4n) is 5.77. The standard InChI is InChI=1S/C31H29Cl2F6N5OS2/c1-5-42(6-2)21-9-10-43(15-21)27(45)26-24(18-11-19(30(34,35)36)14-20(12-18)31(37,38)39)16(3)41-44(26)29-40-25(28(46-4)47-29)17-7-8-22(32)23(33)13-17/h7-8,11-14,21H,5-6,9-10,15H2,1-4H3. The lowest BCUT2D eigenvalue weighted by molar-refractivity contribution is -0.143. The predicted octanol–water partition coefficient (Wildman–Crippen LogP) is 9.59. The Morgan fingerprint density at radius 2 is 1.64 bits per heavy atom. The van der Waals surface area contributed by atoms with Gasteiger partial charge in [0.05, 0.1) is 36.8 Å². The predicted molar refractivity (Wildman–Crippen MR) is 174 cm³/mol. The van der Waals surface area contributed by atoms with Gasteiger partial charge in [-0.25, -0.2) is 4.98 Å². The van der Waals surface area contributed by atoms with Gasteiger partial charge in [-0.1, -0.05) is 54.5 Å². The molecule has 2 aromatic heterocycles. The Balaban J connectivity index is 1.73. The van der Waals surface area contributed by atoms with Gasteiger partial charge < -0.3 is 4.90 Å². The largest absolute Gasteiger partial charge is 0.416 e. The molecule has 0 N–H and O–H groups in total. The van der Waals surface area contributed by atoms with E-state index in [-0.39, 0.29) is 34.2 Å². The van der Waals surface area contributed by atoms with E-state index in [0.717, 1.165) is 13.1 Å². The minimum absolute atomic E-state index is 0.0458. The smallest absolute Gasteiger partial charge is 0.336 e. The number of thioether (sulfide) groups is 1. The molecule has 5 rings (SSSR count). The number of likely N-dealkylation sites (tertiary alicyclic amines) is 1. The topological polar surface area (TPSA) is 54.3 Å². The molecule has 0 spiro atoms. The van der Waals surface area contributed by atoms with Gasteiger partial charge in [-0.2, -0.15) is 36.1 Å². The Morgan fingerprint density at radius 1 is 1.00 bits per heavy atom. The van der Waals surface area contributed by atoms with Crippen molar-refractivity contribution in [1.29, 1.82) is 0 Å². The molecule has 4 aromatic rings. The van der Waals surface area contributed by atoms with Crippen molar-refractivity contribution in [3.05, 3.63) is 69.0 Å². The first-order valence-corrected chi connectivity index (χ1v) is 17.3. The van der Waals surface area contributed by atoms with Crippen molar-refractivity contribution < 1.29 is 31.1 Å². The van der Waals surface area contributed by atoms with Crippen LogP contribution in [0.15, 0.2) is 40.6 Å². The Bertz CT molecular complexity index is 1770. The molecule has 2 aromatic carbocycles. The van der Waals surface area contributed by atoms with Crippen molar-refractivity contribution in [3.8, 4) is 27.5 Å². The van der Waals surface area contributed by atoms with Crippen molar-refractivity contribution in [1.82, 2.24) is 24.6 Å². The van der Waals surface area contributed by atoms with Gasteiger partial charge in [0.15, 0.2) is 0 Å². The molecule has 6 nitrogen and oxygen atoms in total. The van der Waals surface area contributed by atoms with Gasteiger partial charge in [0, 0.05) is 30.3 Å². The van der Waals surface area contributed by atoms with Gasteiger partial charge in [-0.15, -0.1) is 11.8 Å². The highest BCUT2D eigenvalue weighted by Gasteiger charge is 2.39. The lowest BCUT2D eigenvalue weighted by Crippen LogP contribution is -2.39. The highest BCUT2D eigenvalue weighted by Crippen LogP contribution is 2.43. The SMILES string of the molecule is CCN(CC)C1CCN(C(=O)c2c(-c3cc(C(F)(F)F)cc(C(F)(F)F)c3)c(C)nn2-c2nc(-c3ccc(Cl)c(Cl)c3)c(SC)s2)C1. The number of likely N-dealkylation sites (N-methyl/N-ethyl adjacent to an activating group) is 1. The summed E-state index contributed by atoms with van der Waals surface area (Å²) in [7, 11) is 0. The zero-order valence-corrected chi connectivity index (χ0v) is 28.7. The minimum atomic E-state index is -5.08. The molecule has 1 atom stereocenters. The number of halogens is 8. The van der Waals surface area contributed by atoms with Gasteiger partial charge in [0.25, 0.3) is 5.91 Å². The fraction of sp³-hybridized carbons (Fsp3) is 0.387. The van der Waals surface area contributed by atoms with Crippen LogP contribution in [0.3, 0.4) is 0 Å². The molecule has 0 saturated carbocycles. The molecule has 0 bridgehead atoms. The minimum Gasteiger partial charge on any atom is -0.336 e. The Labute approximate surface area is 285 Å². The number of nitrogens with zero attached hydrogens (tertiary/aromatic N) is 5. The summed E-state index contributed by atoms with van der Waals surface area (Å²) < 4.78 is 85.5. The maximum absolute atomic E-state index is 14.4. The second-order valence-electron chi connectivity index (χ2n) is 10.9. The molecule has 0 radical (unpaired) electrons. The first-order chi connectivity index (χ1) is 22.1. The molecule has 47 heavy (non-hydrogen) atoms. The first-order valence-electron chi connectivity index (χ1n) is 14.5. The lowest BCUT2D eigenvalue weighted by Gasteiger charge is -2.26. The van der Waals surface area contributed by atoms with Crippen LogP contribution >= 0.6 is 46.3 Å². The van der Waals surface area contributed by atoms with Crippen molar-refractivity contribution in [2.24, 2.45) is 0 Å². The zero-order chi connectivity index (χ0) is 34.4. The molecule has 3 heterocycles. The summed E-state index contributed by atoms with van der Waals surface area (Å²) in [5, 5.41) is 5.36. The fourth-order valence-corrected chi connectivity index (χ4v) is 7.77. The Hall–Kier alpha value is -2.78. The Kier molecular flexibility index (Phi) is 10.3. The maximum atomic E-state index is 14.4. The number of thiazole rings is 1. The normalized spacial score (nSPS) is 15.7. The van der Waals surface area contributed by atoms with Gasteiger partial charge in [-0.05, 0) is 68.6 Å². The molecule has 1 unspecified atom stereocenters. The zero-order valence-electron chi connectivity index (χ0n) is 25.6. The molecule has 16 heteroatoms. The number of hydrogen-bond donors (Lipinski definition) is 0. The average molecular weight is 737 g/mol. The third-order valence-corrected chi connectivity index (χ3v) is 10.9. The van der Waals surface area contributed by atoms with Crippen molar-refractivity contribution >= 4 is 52.2 Å². The second kappa shape index (κ2) is 13.6. The molecular formula is C31H29Cl2F6N5OS2. The van der Waals surface area contributed by atoms with Crippen molar-refractivity contribution in [2.75, 3.05) is 32.4 Å². The van der Waals surface area contributed by atoms with E-state index in [0.29, 0.717) is 57.2 Å². The number of hydrogen-bond acceptors (Lipinski definition) is 6. The van der Waals surface area contributed by atoms with Crippen LogP contribution in [0.25, 0.3) is 27.5 Å². The van der Waals surface area contributed by atoms with Crippen LogP contribution < -0.4 is 0 Å². The summed E-state index contributed by atoms with van der Waals surface area (Å²) in [6.45, 7) is 7.66. The number of carbonyl (C=O) groups is 1. The van der Waals surface area contributed by atoms with Gasteiger partial charge in [0.2, 0.25) is 5.13 Å². The number of benzene rings is 2. The number of aromatic nitrogens is 3. The van der Waals surface area contributed by atoms with E-state index in [1.807, 2.05) is 20.1 Å². The highest BCUT2D eigenvalue weighted by atomic mass is 35.5. The molecular weight excluding hydrogens is 707 g/mol. The highest BCUT2D eigenvalue weighted by molar-refractivity contribution is 8.00. The summed E-state index contributed by atoms with van der Waals surface area (Å²) in [6, 6.07) is 6.32. The van der Waals surface area contributed by atoms with Crippen LogP contribution in [0, 0.1) is 6.92 Å². The van der Waals surface area contributed by atoms with Gasteiger partial charge >= 0.3 is 12.4 Å². The molecule has 1 fully saturated rings. The third-order valence-electron chi connectivity index (χ3n) is 8.06. The summed E-state index contributed by atoms with van der Waals surface area (Å²) in [5.41, 5.74) is -2.51. The first kappa shape index (κ1) is 35.5. The maximum Gasteiger partial charge on any atom is 0.416 e. The van der Waals surface area contributed by atoms with E-state index >= 15 is 0 Å². The van der Waals surface area contributed by atoms with Crippen LogP contribution in [0.2, 0.25) is 10.0 Å². The molecule has 252 valence electrons. The summed E-state index contributed by atoms with van der Waals surface area (Å²) in [4.78, 5) is 22.9. The molecule has 1 saturated heterocycles. The number of aryl methyl sites for hydroxylation is 1. The van der Waals surface area contributed by atoms with E-state index in [1.165, 1.54) is 34.7 Å². The molecule has 0 aliphatic carbocycles. The molecule has 1 aliphatic rings.